The van der Waals surface area contributed by atoms with Crippen LogP contribution in [-0.4, -0.2) is 17.9 Å². The summed E-state index contributed by atoms with van der Waals surface area (Å²) in [5.41, 5.74) is 0. The monoisotopic (exact) mass is 129 g/mol. The number of hydrogen-bond donors (Lipinski definition) is 2. The summed E-state index contributed by atoms with van der Waals surface area (Å²) >= 11 is 0. The van der Waals surface area contributed by atoms with Gasteiger partial charge >= 0.3 is 0 Å². The minimum absolute atomic E-state index is 0.248. The van der Waals surface area contributed by atoms with Crippen LogP contribution in [0.1, 0.15) is 26.2 Å². The molecule has 0 saturated carbocycles. The lowest BCUT2D eigenvalue weighted by molar-refractivity contribution is 0.122. The van der Waals surface area contributed by atoms with Gasteiger partial charge in [0.1, 0.15) is 6.23 Å². The summed E-state index contributed by atoms with van der Waals surface area (Å²) in [6, 6.07) is 0. The van der Waals surface area contributed by atoms with E-state index in [0.717, 1.165) is 13.0 Å². The first-order valence-corrected chi connectivity index (χ1v) is 3.70. The lowest BCUT2D eigenvalue weighted by atomic mass is 10.0. The predicted molar refractivity (Wildman–Crippen MR) is 37.0 cm³/mol. The van der Waals surface area contributed by atoms with Crippen LogP contribution in [0.5, 0.6) is 0 Å². The standard InChI is InChI=1S/C7H15NO/c1-6-3-2-4-8-7(9)5-6/h6-9H,2-5H2,1H3. The SMILES string of the molecule is CC1CCCNC(O)C1. The molecule has 9 heavy (non-hydrogen) atoms. The third kappa shape index (κ3) is 2.33. The predicted octanol–water partition coefficient (Wildman–Crippen LogP) is 0.714. The zero-order valence-corrected chi connectivity index (χ0v) is 5.93. The fraction of sp³-hybridized carbons (Fsp3) is 1.00. The van der Waals surface area contributed by atoms with Crippen molar-refractivity contribution in [2.45, 2.75) is 32.4 Å². The molecule has 0 radical (unpaired) electrons. The Labute approximate surface area is 56.3 Å². The fourth-order valence-electron chi connectivity index (χ4n) is 1.30. The Bertz CT molecular complexity index is 75.0. The lowest BCUT2D eigenvalue weighted by Crippen LogP contribution is -2.28. The molecule has 1 aliphatic rings. The van der Waals surface area contributed by atoms with E-state index < -0.39 is 0 Å². The molecule has 0 aromatic rings. The number of nitrogens with one attached hydrogen (secondary N) is 1. The molecule has 0 spiro atoms. The molecule has 2 heteroatoms. The second-order valence-electron chi connectivity index (χ2n) is 2.95. The normalized spacial score (nSPS) is 38.0. The van der Waals surface area contributed by atoms with Gasteiger partial charge in [-0.1, -0.05) is 6.92 Å². The van der Waals surface area contributed by atoms with Gasteiger partial charge in [-0.15, -0.1) is 0 Å². The molecule has 2 unspecified atom stereocenters. The maximum absolute atomic E-state index is 9.15. The largest absolute Gasteiger partial charge is 0.379 e. The molecule has 0 aromatic heterocycles. The van der Waals surface area contributed by atoms with E-state index in [1.165, 1.54) is 12.8 Å². The summed E-state index contributed by atoms with van der Waals surface area (Å²) < 4.78 is 0. The summed E-state index contributed by atoms with van der Waals surface area (Å²) in [6.45, 7) is 3.17. The van der Waals surface area contributed by atoms with Crippen LogP contribution < -0.4 is 5.32 Å². The van der Waals surface area contributed by atoms with Gasteiger partial charge in [-0.25, -0.2) is 0 Å². The molecule has 0 aromatic carbocycles. The van der Waals surface area contributed by atoms with Gasteiger partial charge in [0.2, 0.25) is 0 Å². The number of aliphatic hydroxyl groups is 1. The number of rotatable bonds is 0. The van der Waals surface area contributed by atoms with Crippen LogP contribution in [0.2, 0.25) is 0 Å². The van der Waals surface area contributed by atoms with Crippen LogP contribution in [0, 0.1) is 5.92 Å². The molecule has 1 fully saturated rings. The molecule has 1 rings (SSSR count). The quantitative estimate of drug-likeness (QED) is 0.505. The third-order valence-electron chi connectivity index (χ3n) is 1.88. The minimum Gasteiger partial charge on any atom is -0.379 e. The molecular weight excluding hydrogens is 114 g/mol. The first-order chi connectivity index (χ1) is 4.29. The molecule has 2 nitrogen and oxygen atoms in total. The smallest absolute Gasteiger partial charge is 0.105 e. The van der Waals surface area contributed by atoms with E-state index >= 15 is 0 Å². The van der Waals surface area contributed by atoms with Crippen molar-refractivity contribution >= 4 is 0 Å². The van der Waals surface area contributed by atoms with Crippen molar-refractivity contribution in [2.24, 2.45) is 5.92 Å². The van der Waals surface area contributed by atoms with Crippen LogP contribution in [0.15, 0.2) is 0 Å². The maximum Gasteiger partial charge on any atom is 0.105 e. The van der Waals surface area contributed by atoms with Gasteiger partial charge in [-0.2, -0.15) is 0 Å². The Hall–Kier alpha value is -0.0800. The van der Waals surface area contributed by atoms with E-state index in [4.69, 9.17) is 5.11 Å². The molecule has 0 bridgehead atoms. The van der Waals surface area contributed by atoms with E-state index in [2.05, 4.69) is 12.2 Å². The van der Waals surface area contributed by atoms with Crippen molar-refractivity contribution in [1.82, 2.24) is 5.32 Å². The van der Waals surface area contributed by atoms with E-state index in [9.17, 15) is 0 Å². The topological polar surface area (TPSA) is 32.3 Å². The molecule has 2 atom stereocenters. The minimum atomic E-state index is -0.248. The number of hydrogen-bond acceptors (Lipinski definition) is 2. The molecule has 0 aliphatic carbocycles. The summed E-state index contributed by atoms with van der Waals surface area (Å²) in [5.74, 6) is 0.690. The van der Waals surface area contributed by atoms with Crippen molar-refractivity contribution in [2.75, 3.05) is 6.54 Å². The van der Waals surface area contributed by atoms with E-state index in [-0.39, 0.29) is 6.23 Å². The molecule has 1 aliphatic heterocycles. The Morgan fingerprint density at radius 1 is 1.56 bits per heavy atom. The van der Waals surface area contributed by atoms with E-state index in [0.29, 0.717) is 5.92 Å². The van der Waals surface area contributed by atoms with Gasteiger partial charge in [0.05, 0.1) is 0 Å². The first kappa shape index (κ1) is 7.03. The third-order valence-corrected chi connectivity index (χ3v) is 1.88. The molecular formula is C7H15NO. The summed E-state index contributed by atoms with van der Waals surface area (Å²) in [7, 11) is 0. The highest BCUT2D eigenvalue weighted by molar-refractivity contribution is 4.65. The van der Waals surface area contributed by atoms with Gasteiger partial charge < -0.3 is 5.11 Å². The number of aliphatic hydroxyl groups excluding tert-OH is 1. The van der Waals surface area contributed by atoms with Crippen molar-refractivity contribution in [3.05, 3.63) is 0 Å². The second kappa shape index (κ2) is 3.18. The zero-order chi connectivity index (χ0) is 6.69. The second-order valence-corrected chi connectivity index (χ2v) is 2.95. The summed E-state index contributed by atoms with van der Waals surface area (Å²) in [6.07, 6.45) is 3.13. The highest BCUT2D eigenvalue weighted by Crippen LogP contribution is 2.14. The molecule has 1 heterocycles. The zero-order valence-electron chi connectivity index (χ0n) is 5.93. The van der Waals surface area contributed by atoms with Crippen LogP contribution in [0.3, 0.4) is 0 Å². The van der Waals surface area contributed by atoms with E-state index in [1.54, 1.807) is 0 Å². The van der Waals surface area contributed by atoms with Crippen LogP contribution in [0.25, 0.3) is 0 Å². The molecule has 0 amide bonds. The fourth-order valence-corrected chi connectivity index (χ4v) is 1.30. The Balaban J connectivity index is 2.29. The van der Waals surface area contributed by atoms with Crippen LogP contribution >= 0.6 is 0 Å². The summed E-state index contributed by atoms with van der Waals surface area (Å²) in [4.78, 5) is 0. The molecule has 1 saturated heterocycles. The lowest BCUT2D eigenvalue weighted by Gasteiger charge is -2.10. The van der Waals surface area contributed by atoms with Gasteiger partial charge in [0, 0.05) is 0 Å². The van der Waals surface area contributed by atoms with Crippen LogP contribution in [0.4, 0.5) is 0 Å². The summed E-state index contributed by atoms with van der Waals surface area (Å²) in [5, 5.41) is 12.2. The van der Waals surface area contributed by atoms with Gasteiger partial charge in [0.25, 0.3) is 0 Å². The highest BCUT2D eigenvalue weighted by Gasteiger charge is 2.12. The average molecular weight is 129 g/mol. The van der Waals surface area contributed by atoms with Gasteiger partial charge in [-0.3, -0.25) is 5.32 Å². The van der Waals surface area contributed by atoms with Crippen molar-refractivity contribution in [3.8, 4) is 0 Å². The van der Waals surface area contributed by atoms with Gasteiger partial charge in [0.15, 0.2) is 0 Å². The highest BCUT2D eigenvalue weighted by atomic mass is 16.3. The molecule has 54 valence electrons. The van der Waals surface area contributed by atoms with Crippen LogP contribution in [-0.2, 0) is 0 Å². The van der Waals surface area contributed by atoms with Crippen molar-refractivity contribution < 1.29 is 5.11 Å². The average Bonchev–Trinajstić information content (AvgIpc) is 1.93. The van der Waals surface area contributed by atoms with Crippen molar-refractivity contribution in [3.63, 3.8) is 0 Å². The van der Waals surface area contributed by atoms with E-state index in [1.807, 2.05) is 0 Å². The Kier molecular flexibility index (Phi) is 2.49. The van der Waals surface area contributed by atoms with Crippen molar-refractivity contribution in [1.29, 1.82) is 0 Å². The maximum atomic E-state index is 9.15. The molecule has 2 N–H and O–H groups in total. The van der Waals surface area contributed by atoms with Gasteiger partial charge in [-0.05, 0) is 31.7 Å². The first-order valence-electron chi connectivity index (χ1n) is 3.70. The Morgan fingerprint density at radius 3 is 3.11 bits per heavy atom. The Morgan fingerprint density at radius 2 is 2.33 bits per heavy atom.